The van der Waals surface area contributed by atoms with Crippen LogP contribution >= 0.6 is 0 Å². The van der Waals surface area contributed by atoms with Crippen molar-refractivity contribution in [3.63, 3.8) is 0 Å². The third-order valence-corrected chi connectivity index (χ3v) is 6.33. The van der Waals surface area contributed by atoms with E-state index >= 15 is 0 Å². The van der Waals surface area contributed by atoms with Crippen molar-refractivity contribution in [3.05, 3.63) is 59.9 Å². The van der Waals surface area contributed by atoms with E-state index in [0.29, 0.717) is 6.42 Å². The van der Waals surface area contributed by atoms with Gasteiger partial charge in [-0.05, 0) is 61.5 Å². The molecule has 0 N–H and O–H groups in total. The third-order valence-electron chi connectivity index (χ3n) is 6.33. The van der Waals surface area contributed by atoms with Crippen LogP contribution in [0.1, 0.15) is 36.2 Å². The van der Waals surface area contributed by atoms with Crippen LogP contribution in [0.2, 0.25) is 0 Å². The molecule has 4 aromatic rings. The van der Waals surface area contributed by atoms with Gasteiger partial charge >= 0.3 is 0 Å². The number of rotatable bonds is 6. The fourth-order valence-electron chi connectivity index (χ4n) is 4.73. The summed E-state index contributed by atoms with van der Waals surface area (Å²) in [4.78, 5) is 14.8. The number of aryl methyl sites for hydroxylation is 1. The quantitative estimate of drug-likeness (QED) is 0.492. The minimum Gasteiger partial charge on any atom is -0.339 e. The van der Waals surface area contributed by atoms with Gasteiger partial charge < -0.3 is 9.47 Å². The van der Waals surface area contributed by atoms with E-state index in [-0.39, 0.29) is 5.78 Å². The molecule has 0 atom stereocenters. The van der Waals surface area contributed by atoms with E-state index in [0.717, 1.165) is 43.9 Å². The predicted octanol–water partition coefficient (Wildman–Crippen LogP) is 4.45. The molecule has 2 aromatic heterocycles. The first-order valence-corrected chi connectivity index (χ1v) is 10.5. The van der Waals surface area contributed by atoms with Crippen LogP contribution in [0.5, 0.6) is 0 Å². The van der Waals surface area contributed by atoms with E-state index in [2.05, 4.69) is 52.7 Å². The summed E-state index contributed by atoms with van der Waals surface area (Å²) < 4.78 is 4.33. The number of aromatic nitrogens is 3. The maximum Gasteiger partial charge on any atom is 0.163 e. The highest BCUT2D eigenvalue weighted by Gasteiger charge is 2.25. The number of carbonyl (C=O) groups is 1. The lowest BCUT2D eigenvalue weighted by Gasteiger charge is -2.19. The molecule has 1 aliphatic rings. The van der Waals surface area contributed by atoms with Gasteiger partial charge in [0.15, 0.2) is 5.78 Å². The van der Waals surface area contributed by atoms with Crippen LogP contribution in [0.3, 0.4) is 0 Å². The van der Waals surface area contributed by atoms with Crippen molar-refractivity contribution in [3.8, 4) is 5.69 Å². The van der Waals surface area contributed by atoms with Crippen LogP contribution in [0, 0.1) is 0 Å². The first-order chi connectivity index (χ1) is 14.2. The Morgan fingerprint density at radius 2 is 1.90 bits per heavy atom. The van der Waals surface area contributed by atoms with Gasteiger partial charge in [-0.2, -0.15) is 5.10 Å². The van der Waals surface area contributed by atoms with Gasteiger partial charge in [0, 0.05) is 59.3 Å². The largest absolute Gasteiger partial charge is 0.339 e. The molecule has 0 aliphatic heterocycles. The molecule has 0 unspecified atom stereocenters. The van der Waals surface area contributed by atoms with Gasteiger partial charge in [-0.15, -0.1) is 0 Å². The molecule has 2 heterocycles. The molecule has 0 bridgehead atoms. The third kappa shape index (κ3) is 2.88. The molecule has 0 amide bonds. The number of fused-ring (bicyclic) bond motifs is 5. The highest BCUT2D eigenvalue weighted by Crippen LogP contribution is 2.37. The zero-order valence-corrected chi connectivity index (χ0v) is 17.1. The fraction of sp³-hybridized carbons (Fsp3) is 0.333. The molecule has 0 fully saturated rings. The van der Waals surface area contributed by atoms with Crippen LogP contribution < -0.4 is 0 Å². The number of nitrogens with zero attached hydrogens (tertiary/aromatic N) is 4. The van der Waals surface area contributed by atoms with E-state index in [1.807, 2.05) is 23.0 Å². The van der Waals surface area contributed by atoms with Crippen molar-refractivity contribution in [2.45, 2.75) is 33.2 Å². The Morgan fingerprint density at radius 1 is 1.07 bits per heavy atom. The molecule has 0 saturated carbocycles. The number of carbonyl (C=O) groups excluding carboxylic acids is 1. The van der Waals surface area contributed by atoms with E-state index in [4.69, 9.17) is 0 Å². The number of likely N-dealkylation sites (N-methyl/N-ethyl adjacent to an activating group) is 1. The second-order valence-corrected chi connectivity index (χ2v) is 7.74. The Balaban J connectivity index is 1.74. The SMILES string of the molecule is CCN(CC)CCn1c2ccc(-n3cccn3)cc2c2c3c(ccc21)C(=O)CC3. The van der Waals surface area contributed by atoms with Crippen molar-refractivity contribution in [1.82, 2.24) is 19.2 Å². The average Bonchev–Trinajstić information content (AvgIpc) is 3.47. The normalized spacial score (nSPS) is 13.8. The van der Waals surface area contributed by atoms with Crippen molar-refractivity contribution in [2.75, 3.05) is 19.6 Å². The van der Waals surface area contributed by atoms with Gasteiger partial charge in [0.25, 0.3) is 0 Å². The van der Waals surface area contributed by atoms with Crippen LogP contribution in [0.25, 0.3) is 27.5 Å². The van der Waals surface area contributed by atoms with E-state index in [1.54, 1.807) is 6.20 Å². The first kappa shape index (κ1) is 18.1. The number of hydrogen-bond acceptors (Lipinski definition) is 3. The fourth-order valence-corrected chi connectivity index (χ4v) is 4.73. The summed E-state index contributed by atoms with van der Waals surface area (Å²) >= 11 is 0. The Hall–Kier alpha value is -2.92. The molecule has 5 rings (SSSR count). The molecule has 29 heavy (non-hydrogen) atoms. The van der Waals surface area contributed by atoms with Crippen LogP contribution in [-0.4, -0.2) is 44.7 Å². The molecule has 0 spiro atoms. The molecular formula is C24H26N4O. The zero-order valence-electron chi connectivity index (χ0n) is 17.1. The molecule has 0 radical (unpaired) electrons. The molecule has 5 heteroatoms. The minimum absolute atomic E-state index is 0.272. The van der Waals surface area contributed by atoms with E-state index in [9.17, 15) is 4.79 Å². The lowest BCUT2D eigenvalue weighted by atomic mass is 10.0. The standard InChI is InChI=1S/C24H26N4O/c1-3-26(4-2)14-15-27-21-9-6-17(28-13-5-12-25-28)16-20(21)24-19-8-11-23(29)18(19)7-10-22(24)27/h5-7,9-10,12-13,16H,3-4,8,11,14-15H2,1-2H3. The predicted molar refractivity (Wildman–Crippen MR) is 117 cm³/mol. The van der Waals surface area contributed by atoms with E-state index in [1.165, 1.54) is 27.4 Å². The van der Waals surface area contributed by atoms with Crippen molar-refractivity contribution < 1.29 is 4.79 Å². The Kier molecular flexibility index (Phi) is 4.47. The first-order valence-electron chi connectivity index (χ1n) is 10.5. The van der Waals surface area contributed by atoms with Crippen LogP contribution in [0.15, 0.2) is 48.8 Å². The molecule has 148 valence electrons. The zero-order chi connectivity index (χ0) is 20.0. The van der Waals surface area contributed by atoms with Gasteiger partial charge in [0.05, 0.1) is 5.69 Å². The number of benzene rings is 2. The molecular weight excluding hydrogens is 360 g/mol. The summed E-state index contributed by atoms with van der Waals surface area (Å²) in [6.07, 6.45) is 5.23. The monoisotopic (exact) mass is 386 g/mol. The Bertz CT molecular complexity index is 1200. The van der Waals surface area contributed by atoms with E-state index < -0.39 is 0 Å². The molecule has 5 nitrogen and oxygen atoms in total. The lowest BCUT2D eigenvalue weighted by molar-refractivity contribution is 0.0994. The summed E-state index contributed by atoms with van der Waals surface area (Å²) in [5.74, 6) is 0.272. The number of hydrogen-bond donors (Lipinski definition) is 0. The van der Waals surface area contributed by atoms with Gasteiger partial charge in [-0.1, -0.05) is 13.8 Å². The van der Waals surface area contributed by atoms with Crippen molar-refractivity contribution >= 4 is 27.6 Å². The highest BCUT2D eigenvalue weighted by atomic mass is 16.1. The summed E-state index contributed by atoms with van der Waals surface area (Å²) in [5.41, 5.74) is 5.64. The van der Waals surface area contributed by atoms with Crippen LogP contribution in [0.4, 0.5) is 0 Å². The topological polar surface area (TPSA) is 43.1 Å². The minimum atomic E-state index is 0.272. The Labute approximate surface area is 170 Å². The number of Topliss-reactive ketones (excluding diaryl/α,β-unsaturated/α-hetero) is 1. The molecule has 2 aromatic carbocycles. The second-order valence-electron chi connectivity index (χ2n) is 7.74. The van der Waals surface area contributed by atoms with Gasteiger partial charge in [0.2, 0.25) is 0 Å². The van der Waals surface area contributed by atoms with Crippen LogP contribution in [-0.2, 0) is 13.0 Å². The summed E-state index contributed by atoms with van der Waals surface area (Å²) in [7, 11) is 0. The molecule has 0 saturated heterocycles. The van der Waals surface area contributed by atoms with Crippen molar-refractivity contribution in [1.29, 1.82) is 0 Å². The summed E-state index contributed by atoms with van der Waals surface area (Å²) in [6, 6.07) is 12.7. The molecule has 1 aliphatic carbocycles. The Morgan fingerprint density at radius 3 is 2.66 bits per heavy atom. The maximum absolute atomic E-state index is 12.4. The van der Waals surface area contributed by atoms with Gasteiger partial charge in [-0.25, -0.2) is 4.68 Å². The van der Waals surface area contributed by atoms with Crippen molar-refractivity contribution in [2.24, 2.45) is 0 Å². The number of ketones is 1. The second kappa shape index (κ2) is 7.16. The summed E-state index contributed by atoms with van der Waals surface area (Å²) in [6.45, 7) is 8.49. The smallest absolute Gasteiger partial charge is 0.163 e. The average molecular weight is 386 g/mol. The highest BCUT2D eigenvalue weighted by molar-refractivity contribution is 6.15. The van der Waals surface area contributed by atoms with Gasteiger partial charge in [0.1, 0.15) is 0 Å². The maximum atomic E-state index is 12.4. The van der Waals surface area contributed by atoms with Gasteiger partial charge in [-0.3, -0.25) is 4.79 Å². The summed E-state index contributed by atoms with van der Waals surface area (Å²) in [5, 5.41) is 6.86. The lowest BCUT2D eigenvalue weighted by Crippen LogP contribution is -2.26.